The van der Waals surface area contributed by atoms with Gasteiger partial charge in [0.1, 0.15) is 0 Å². The fraction of sp³-hybridized carbons (Fsp3) is 0.0833. The van der Waals surface area contributed by atoms with E-state index >= 15 is 0 Å². The zero-order valence-electron chi connectivity index (χ0n) is 16.2. The number of nitrogens with zero attached hydrogens (tertiary/aromatic N) is 1. The lowest BCUT2D eigenvalue weighted by Crippen LogP contribution is -2.13. The number of benzene rings is 3. The molecule has 0 aliphatic heterocycles. The molecule has 0 fully saturated rings. The lowest BCUT2D eigenvalue weighted by Gasteiger charge is -2.12. The van der Waals surface area contributed by atoms with Crippen LogP contribution in [0.25, 0.3) is 22.2 Å². The van der Waals surface area contributed by atoms with Gasteiger partial charge in [0.25, 0.3) is 5.91 Å². The molecule has 0 bridgehead atoms. The van der Waals surface area contributed by atoms with Crippen molar-refractivity contribution in [1.82, 2.24) is 4.98 Å². The zero-order valence-corrected chi connectivity index (χ0v) is 16.2. The third-order valence-electron chi connectivity index (χ3n) is 4.67. The van der Waals surface area contributed by atoms with Crippen molar-refractivity contribution in [2.75, 3.05) is 19.5 Å². The van der Waals surface area contributed by atoms with E-state index in [2.05, 4.69) is 5.32 Å². The van der Waals surface area contributed by atoms with Crippen LogP contribution < -0.4 is 14.8 Å². The summed E-state index contributed by atoms with van der Waals surface area (Å²) in [4.78, 5) is 17.9. The average Bonchev–Trinajstić information content (AvgIpc) is 2.78. The fourth-order valence-corrected chi connectivity index (χ4v) is 3.23. The second-order valence-electron chi connectivity index (χ2n) is 6.46. The number of nitrogens with one attached hydrogen (secondary N) is 1. The molecule has 0 aliphatic carbocycles. The number of hydrogen-bond donors (Lipinski definition) is 1. The number of fused-ring (bicyclic) bond motifs is 1. The summed E-state index contributed by atoms with van der Waals surface area (Å²) in [5.74, 6) is 0.939. The smallest absolute Gasteiger partial charge is 0.256 e. The molecule has 1 amide bonds. The van der Waals surface area contributed by atoms with Crippen molar-refractivity contribution in [1.29, 1.82) is 0 Å². The Hall–Kier alpha value is -3.86. The molecule has 0 saturated carbocycles. The highest BCUT2D eigenvalue weighted by molar-refractivity contribution is 6.13. The lowest BCUT2D eigenvalue weighted by atomic mass is 10.0. The van der Waals surface area contributed by atoms with E-state index in [0.29, 0.717) is 22.7 Å². The molecule has 0 radical (unpaired) electrons. The number of aromatic nitrogens is 1. The number of pyridine rings is 1. The quantitative estimate of drug-likeness (QED) is 0.516. The average molecular weight is 384 g/mol. The summed E-state index contributed by atoms with van der Waals surface area (Å²) in [6.07, 6.45) is 0. The summed E-state index contributed by atoms with van der Waals surface area (Å²) in [6.45, 7) is 0. The summed E-state index contributed by atoms with van der Waals surface area (Å²) >= 11 is 0. The molecule has 1 heterocycles. The van der Waals surface area contributed by atoms with Crippen molar-refractivity contribution in [2.45, 2.75) is 0 Å². The molecule has 5 nitrogen and oxygen atoms in total. The monoisotopic (exact) mass is 384 g/mol. The maximum Gasteiger partial charge on any atom is 0.256 e. The van der Waals surface area contributed by atoms with Gasteiger partial charge < -0.3 is 14.8 Å². The Morgan fingerprint density at radius 1 is 0.828 bits per heavy atom. The number of amides is 1. The van der Waals surface area contributed by atoms with Gasteiger partial charge in [-0.15, -0.1) is 0 Å². The lowest BCUT2D eigenvalue weighted by molar-refractivity contribution is 0.102. The number of hydrogen-bond acceptors (Lipinski definition) is 4. The number of rotatable bonds is 5. The molecule has 0 atom stereocenters. The number of para-hydroxylation sites is 1. The van der Waals surface area contributed by atoms with Gasteiger partial charge in [0.15, 0.2) is 11.5 Å². The first kappa shape index (κ1) is 18.5. The summed E-state index contributed by atoms with van der Waals surface area (Å²) in [5.41, 5.74) is 3.66. The molecule has 4 rings (SSSR count). The van der Waals surface area contributed by atoms with Crippen LogP contribution in [-0.4, -0.2) is 25.1 Å². The zero-order chi connectivity index (χ0) is 20.2. The number of ether oxygens (including phenoxy) is 2. The van der Waals surface area contributed by atoms with Gasteiger partial charge in [-0.1, -0.05) is 48.5 Å². The molecule has 0 saturated heterocycles. The Bertz CT molecular complexity index is 1170. The Kier molecular flexibility index (Phi) is 5.12. The van der Waals surface area contributed by atoms with Crippen molar-refractivity contribution in [2.24, 2.45) is 0 Å². The summed E-state index contributed by atoms with van der Waals surface area (Å²) in [5, 5.41) is 3.75. The number of carbonyl (C=O) groups excluding carboxylic acids is 1. The molecule has 0 aliphatic rings. The molecule has 0 spiro atoms. The van der Waals surface area contributed by atoms with Gasteiger partial charge in [0.05, 0.1) is 31.0 Å². The molecule has 5 heteroatoms. The first-order valence-corrected chi connectivity index (χ1v) is 9.18. The van der Waals surface area contributed by atoms with E-state index < -0.39 is 0 Å². The third kappa shape index (κ3) is 3.75. The second kappa shape index (κ2) is 8.02. The van der Waals surface area contributed by atoms with Gasteiger partial charge in [-0.3, -0.25) is 4.79 Å². The van der Waals surface area contributed by atoms with Crippen molar-refractivity contribution in [3.05, 3.63) is 84.4 Å². The van der Waals surface area contributed by atoms with Crippen LogP contribution in [0.15, 0.2) is 78.9 Å². The SMILES string of the molecule is COc1ccc(NC(=O)c2cc(-c3ccccc3)nc3ccccc23)cc1OC. The summed E-state index contributed by atoms with van der Waals surface area (Å²) < 4.78 is 10.6. The normalized spacial score (nSPS) is 10.6. The van der Waals surface area contributed by atoms with E-state index in [9.17, 15) is 4.79 Å². The minimum absolute atomic E-state index is 0.215. The topological polar surface area (TPSA) is 60.5 Å². The van der Waals surface area contributed by atoms with Gasteiger partial charge >= 0.3 is 0 Å². The highest BCUT2D eigenvalue weighted by atomic mass is 16.5. The van der Waals surface area contributed by atoms with Crippen LogP contribution in [0.4, 0.5) is 5.69 Å². The maximum atomic E-state index is 13.2. The largest absolute Gasteiger partial charge is 0.493 e. The van der Waals surface area contributed by atoms with Gasteiger partial charge in [-0.05, 0) is 24.3 Å². The molecule has 29 heavy (non-hydrogen) atoms. The first-order chi connectivity index (χ1) is 14.2. The molecular formula is C24H20N2O3. The second-order valence-corrected chi connectivity index (χ2v) is 6.46. The minimum Gasteiger partial charge on any atom is -0.493 e. The molecule has 4 aromatic rings. The van der Waals surface area contributed by atoms with Crippen molar-refractivity contribution >= 4 is 22.5 Å². The first-order valence-electron chi connectivity index (χ1n) is 9.18. The minimum atomic E-state index is -0.215. The van der Waals surface area contributed by atoms with Crippen LogP contribution in [0.5, 0.6) is 11.5 Å². The molecule has 3 aromatic carbocycles. The highest BCUT2D eigenvalue weighted by Crippen LogP contribution is 2.31. The Labute approximate surface area is 168 Å². The van der Waals surface area contributed by atoms with Gasteiger partial charge in [0, 0.05) is 22.7 Å². The third-order valence-corrected chi connectivity index (χ3v) is 4.67. The predicted molar refractivity (Wildman–Crippen MR) is 115 cm³/mol. The number of anilines is 1. The molecule has 0 unspecified atom stereocenters. The molecular weight excluding hydrogens is 364 g/mol. The van der Waals surface area contributed by atoms with Crippen LogP contribution in [0.3, 0.4) is 0 Å². The van der Waals surface area contributed by atoms with Crippen LogP contribution in [0.1, 0.15) is 10.4 Å². The van der Waals surface area contributed by atoms with E-state index in [1.54, 1.807) is 32.4 Å². The van der Waals surface area contributed by atoms with E-state index in [1.807, 2.05) is 60.7 Å². The van der Waals surface area contributed by atoms with E-state index in [-0.39, 0.29) is 5.91 Å². The molecule has 1 N–H and O–H groups in total. The Morgan fingerprint density at radius 3 is 2.31 bits per heavy atom. The molecule has 1 aromatic heterocycles. The van der Waals surface area contributed by atoms with Crippen LogP contribution in [0.2, 0.25) is 0 Å². The Morgan fingerprint density at radius 2 is 1.55 bits per heavy atom. The van der Waals surface area contributed by atoms with Crippen molar-refractivity contribution in [3.63, 3.8) is 0 Å². The standard InChI is InChI=1S/C24H20N2O3/c1-28-22-13-12-17(14-23(22)29-2)25-24(27)19-15-21(16-8-4-3-5-9-16)26-20-11-7-6-10-18(19)20/h3-15H,1-2H3,(H,25,27). The van der Waals surface area contributed by atoms with E-state index in [1.165, 1.54) is 0 Å². The van der Waals surface area contributed by atoms with Crippen molar-refractivity contribution < 1.29 is 14.3 Å². The van der Waals surface area contributed by atoms with E-state index in [4.69, 9.17) is 14.5 Å². The van der Waals surface area contributed by atoms with Crippen molar-refractivity contribution in [3.8, 4) is 22.8 Å². The molecule has 144 valence electrons. The number of methoxy groups -OCH3 is 2. The summed E-state index contributed by atoms with van der Waals surface area (Å²) in [7, 11) is 3.14. The van der Waals surface area contributed by atoms with Gasteiger partial charge in [-0.2, -0.15) is 0 Å². The van der Waals surface area contributed by atoms with Crippen LogP contribution in [0, 0.1) is 0 Å². The highest BCUT2D eigenvalue weighted by Gasteiger charge is 2.15. The number of carbonyl (C=O) groups is 1. The van der Waals surface area contributed by atoms with Crippen LogP contribution in [-0.2, 0) is 0 Å². The van der Waals surface area contributed by atoms with Gasteiger partial charge in [-0.25, -0.2) is 4.98 Å². The van der Waals surface area contributed by atoms with Gasteiger partial charge in [0.2, 0.25) is 0 Å². The fourth-order valence-electron chi connectivity index (χ4n) is 3.23. The van der Waals surface area contributed by atoms with Crippen LogP contribution >= 0.6 is 0 Å². The summed E-state index contributed by atoms with van der Waals surface area (Å²) in [6, 6.07) is 24.6. The predicted octanol–water partition coefficient (Wildman–Crippen LogP) is 5.17. The Balaban J connectivity index is 1.75. The maximum absolute atomic E-state index is 13.2. The van der Waals surface area contributed by atoms with E-state index in [0.717, 1.165) is 22.2 Å².